The monoisotopic (exact) mass is 298 g/mol. The number of hydrogen-bond donors (Lipinski definition) is 1. The maximum atomic E-state index is 6.22. The molecule has 1 aliphatic rings. The van der Waals surface area contributed by atoms with Gasteiger partial charge in [-0.15, -0.1) is 0 Å². The van der Waals surface area contributed by atoms with Crippen LogP contribution in [-0.2, 0) is 11.3 Å². The summed E-state index contributed by atoms with van der Waals surface area (Å²) in [6, 6.07) is 1.91. The van der Waals surface area contributed by atoms with Crippen molar-refractivity contribution in [2.24, 2.45) is 5.92 Å². The van der Waals surface area contributed by atoms with Crippen LogP contribution in [0.15, 0.2) is 12.3 Å². The number of ether oxygens (including phenoxy) is 2. The second kappa shape index (κ2) is 6.74. The first kappa shape index (κ1) is 15.5. The molecule has 0 spiro atoms. The lowest BCUT2D eigenvalue weighted by Crippen LogP contribution is -2.35. The molecule has 0 bridgehead atoms. The highest BCUT2D eigenvalue weighted by molar-refractivity contribution is 6.31. The van der Waals surface area contributed by atoms with E-state index < -0.39 is 0 Å². The fourth-order valence-corrected chi connectivity index (χ4v) is 2.19. The van der Waals surface area contributed by atoms with Crippen molar-refractivity contribution in [1.29, 1.82) is 0 Å². The molecule has 1 atom stereocenters. The number of nitrogens with one attached hydrogen (secondary N) is 1. The summed E-state index contributed by atoms with van der Waals surface area (Å²) >= 11 is 6.22. The predicted octanol–water partition coefficient (Wildman–Crippen LogP) is 3.04. The van der Waals surface area contributed by atoms with E-state index in [0.717, 1.165) is 31.7 Å². The van der Waals surface area contributed by atoms with Crippen LogP contribution in [0.4, 0.5) is 0 Å². The molecule has 0 radical (unpaired) electrons. The average Bonchev–Trinajstić information content (AvgIpc) is 2.87. The zero-order chi connectivity index (χ0) is 14.6. The minimum atomic E-state index is 0.0735. The maximum absolute atomic E-state index is 6.22. The Labute approximate surface area is 125 Å². The smallest absolute Gasteiger partial charge is 0.232 e. The topological polar surface area (TPSA) is 43.4 Å². The Balaban J connectivity index is 1.88. The fraction of sp³-hybridized carbons (Fsp3) is 0.667. The van der Waals surface area contributed by atoms with Gasteiger partial charge < -0.3 is 14.8 Å². The molecule has 2 heterocycles. The molecule has 2 rings (SSSR count). The van der Waals surface area contributed by atoms with Crippen LogP contribution < -0.4 is 10.1 Å². The summed E-state index contributed by atoms with van der Waals surface area (Å²) < 4.78 is 11.0. The minimum absolute atomic E-state index is 0.0735. The van der Waals surface area contributed by atoms with Crippen molar-refractivity contribution >= 4 is 11.6 Å². The van der Waals surface area contributed by atoms with Gasteiger partial charge in [0.15, 0.2) is 0 Å². The lowest BCUT2D eigenvalue weighted by Gasteiger charge is -2.20. The van der Waals surface area contributed by atoms with Crippen molar-refractivity contribution in [3.8, 4) is 5.88 Å². The van der Waals surface area contributed by atoms with E-state index in [-0.39, 0.29) is 5.54 Å². The third kappa shape index (κ3) is 4.93. The molecule has 1 aromatic rings. The molecule has 112 valence electrons. The molecule has 1 saturated heterocycles. The first-order valence-electron chi connectivity index (χ1n) is 7.04. The highest BCUT2D eigenvalue weighted by Crippen LogP contribution is 2.24. The number of aromatic nitrogens is 1. The van der Waals surface area contributed by atoms with Gasteiger partial charge in [-0.25, -0.2) is 4.98 Å². The molecular formula is C15H23ClN2O2. The van der Waals surface area contributed by atoms with Crippen molar-refractivity contribution in [2.75, 3.05) is 19.8 Å². The Kier molecular flexibility index (Phi) is 5.24. The molecule has 1 aliphatic heterocycles. The number of pyridine rings is 1. The molecule has 1 fully saturated rings. The average molecular weight is 299 g/mol. The second-order valence-electron chi connectivity index (χ2n) is 6.27. The number of nitrogens with zero attached hydrogens (tertiary/aromatic N) is 1. The highest BCUT2D eigenvalue weighted by Gasteiger charge is 2.17. The molecule has 0 aliphatic carbocycles. The summed E-state index contributed by atoms with van der Waals surface area (Å²) in [5.74, 6) is 0.966. The highest BCUT2D eigenvalue weighted by atomic mass is 35.5. The molecule has 5 heteroatoms. The SMILES string of the molecule is CC(C)(C)NCc1cnc(OCC2CCOC2)c(Cl)c1. The van der Waals surface area contributed by atoms with Crippen LogP contribution in [0.5, 0.6) is 5.88 Å². The molecule has 20 heavy (non-hydrogen) atoms. The van der Waals surface area contributed by atoms with Gasteiger partial charge in [0.05, 0.1) is 13.2 Å². The van der Waals surface area contributed by atoms with Gasteiger partial charge in [-0.05, 0) is 38.8 Å². The number of halogens is 1. The van der Waals surface area contributed by atoms with Gasteiger partial charge in [0.25, 0.3) is 0 Å². The molecule has 0 aromatic carbocycles. The third-order valence-corrected chi connectivity index (χ3v) is 3.44. The van der Waals surface area contributed by atoms with Crippen molar-refractivity contribution in [3.63, 3.8) is 0 Å². The van der Waals surface area contributed by atoms with Crippen LogP contribution in [0.1, 0.15) is 32.8 Å². The molecule has 4 nitrogen and oxygen atoms in total. The van der Waals surface area contributed by atoms with E-state index in [1.54, 1.807) is 0 Å². The van der Waals surface area contributed by atoms with Gasteiger partial charge in [0.2, 0.25) is 5.88 Å². The molecule has 1 aromatic heterocycles. The van der Waals surface area contributed by atoms with E-state index in [0.29, 0.717) is 23.4 Å². The van der Waals surface area contributed by atoms with Gasteiger partial charge in [-0.3, -0.25) is 0 Å². The molecular weight excluding hydrogens is 276 g/mol. The largest absolute Gasteiger partial charge is 0.476 e. The van der Waals surface area contributed by atoms with Crippen LogP contribution in [0.25, 0.3) is 0 Å². The lowest BCUT2D eigenvalue weighted by molar-refractivity contribution is 0.165. The Morgan fingerprint density at radius 1 is 1.50 bits per heavy atom. The van der Waals surface area contributed by atoms with Crippen molar-refractivity contribution in [1.82, 2.24) is 10.3 Å². The first-order valence-corrected chi connectivity index (χ1v) is 7.42. The standard InChI is InChI=1S/C15H23ClN2O2/c1-15(2,3)18-8-12-6-13(16)14(17-7-12)20-10-11-4-5-19-9-11/h6-7,11,18H,4-5,8-10H2,1-3H3. The minimum Gasteiger partial charge on any atom is -0.476 e. The summed E-state index contributed by atoms with van der Waals surface area (Å²) in [5, 5.41) is 3.97. The number of hydrogen-bond acceptors (Lipinski definition) is 4. The normalized spacial score (nSPS) is 19.3. The summed E-state index contributed by atoms with van der Waals surface area (Å²) in [6.45, 7) is 9.34. The third-order valence-electron chi connectivity index (χ3n) is 3.17. The van der Waals surface area contributed by atoms with Crippen molar-refractivity contribution < 1.29 is 9.47 Å². The molecule has 1 unspecified atom stereocenters. The van der Waals surface area contributed by atoms with Crippen molar-refractivity contribution in [3.05, 3.63) is 22.8 Å². The van der Waals surface area contributed by atoms with E-state index >= 15 is 0 Å². The summed E-state index contributed by atoms with van der Waals surface area (Å²) in [7, 11) is 0. The van der Waals surface area contributed by atoms with E-state index in [1.807, 2.05) is 12.3 Å². The van der Waals surface area contributed by atoms with E-state index in [4.69, 9.17) is 21.1 Å². The summed E-state index contributed by atoms with van der Waals surface area (Å²) in [5.41, 5.74) is 1.13. The van der Waals surface area contributed by atoms with Crippen LogP contribution in [-0.4, -0.2) is 30.3 Å². The molecule has 0 amide bonds. The van der Waals surface area contributed by atoms with Crippen LogP contribution in [0.3, 0.4) is 0 Å². The zero-order valence-electron chi connectivity index (χ0n) is 12.4. The van der Waals surface area contributed by atoms with E-state index in [2.05, 4.69) is 31.1 Å². The van der Waals surface area contributed by atoms with E-state index in [1.165, 1.54) is 0 Å². The number of rotatable bonds is 5. The van der Waals surface area contributed by atoms with Crippen molar-refractivity contribution in [2.45, 2.75) is 39.3 Å². The van der Waals surface area contributed by atoms with Gasteiger partial charge in [-0.2, -0.15) is 0 Å². The first-order chi connectivity index (χ1) is 9.44. The lowest BCUT2D eigenvalue weighted by atomic mass is 10.1. The van der Waals surface area contributed by atoms with Gasteiger partial charge in [0, 0.05) is 30.8 Å². The van der Waals surface area contributed by atoms with Crippen LogP contribution in [0.2, 0.25) is 5.02 Å². The Bertz CT molecular complexity index is 440. The predicted molar refractivity (Wildman–Crippen MR) is 80.3 cm³/mol. The van der Waals surface area contributed by atoms with Gasteiger partial charge in [-0.1, -0.05) is 11.6 Å². The summed E-state index contributed by atoms with van der Waals surface area (Å²) in [6.07, 6.45) is 2.86. The summed E-state index contributed by atoms with van der Waals surface area (Å²) in [4.78, 5) is 4.30. The fourth-order valence-electron chi connectivity index (χ4n) is 1.95. The van der Waals surface area contributed by atoms with Crippen LogP contribution in [0, 0.1) is 5.92 Å². The second-order valence-corrected chi connectivity index (χ2v) is 6.68. The zero-order valence-corrected chi connectivity index (χ0v) is 13.2. The quantitative estimate of drug-likeness (QED) is 0.907. The Morgan fingerprint density at radius 3 is 2.90 bits per heavy atom. The molecule has 0 saturated carbocycles. The van der Waals surface area contributed by atoms with Crippen LogP contribution >= 0.6 is 11.6 Å². The van der Waals surface area contributed by atoms with Gasteiger partial charge in [0.1, 0.15) is 5.02 Å². The van der Waals surface area contributed by atoms with E-state index in [9.17, 15) is 0 Å². The Hall–Kier alpha value is -0.840. The molecule has 1 N–H and O–H groups in total. The Morgan fingerprint density at radius 2 is 2.30 bits per heavy atom. The maximum Gasteiger partial charge on any atom is 0.232 e. The van der Waals surface area contributed by atoms with Gasteiger partial charge >= 0.3 is 0 Å².